The minimum atomic E-state index is -0.334. The van der Waals surface area contributed by atoms with E-state index in [0.29, 0.717) is 25.2 Å². The van der Waals surface area contributed by atoms with Crippen LogP contribution in [-0.2, 0) is 16.1 Å². The van der Waals surface area contributed by atoms with Crippen LogP contribution in [0.5, 0.6) is 0 Å². The Labute approximate surface area is 156 Å². The van der Waals surface area contributed by atoms with Crippen molar-refractivity contribution in [3.8, 4) is 0 Å². The summed E-state index contributed by atoms with van der Waals surface area (Å²) in [5.74, 6) is -0.789. The van der Waals surface area contributed by atoms with E-state index in [1.807, 2.05) is 6.92 Å². The Balaban J connectivity index is 1.65. The second-order valence-corrected chi connectivity index (χ2v) is 6.85. The van der Waals surface area contributed by atoms with Gasteiger partial charge in [0.25, 0.3) is 5.91 Å². The van der Waals surface area contributed by atoms with Gasteiger partial charge in [0.05, 0.1) is 23.9 Å². The summed E-state index contributed by atoms with van der Waals surface area (Å²) in [6.07, 6.45) is 2.94. The number of fused-ring (bicyclic) bond motifs is 1. The Bertz CT molecular complexity index is 851. The van der Waals surface area contributed by atoms with Gasteiger partial charge in [-0.2, -0.15) is 5.10 Å². The lowest BCUT2D eigenvalue weighted by molar-refractivity contribution is -0.125. The highest BCUT2D eigenvalue weighted by molar-refractivity contribution is 5.94. The summed E-state index contributed by atoms with van der Waals surface area (Å²) in [6, 6.07) is 5.94. The van der Waals surface area contributed by atoms with Crippen molar-refractivity contribution in [3.63, 3.8) is 0 Å². The standard InChI is InChI=1S/C19H21FN4O3/c1-2-23-9-13(7-22-23)19(26)24-10-15(12-3-5-14(20)6-4-12)18-16(24)8-21-17(25)11-27-18/h3-7,9,15-16,18H,2,8,10-11H2,1H3,(H,21,25)/t15-,16-,18-/m1/s1. The van der Waals surface area contributed by atoms with E-state index >= 15 is 0 Å². The van der Waals surface area contributed by atoms with Gasteiger partial charge in [-0.1, -0.05) is 12.1 Å². The molecule has 0 bridgehead atoms. The van der Waals surface area contributed by atoms with Gasteiger partial charge in [0, 0.05) is 31.7 Å². The molecule has 2 aliphatic rings. The highest BCUT2D eigenvalue weighted by Gasteiger charge is 2.47. The average Bonchev–Trinajstić information content (AvgIpc) is 3.25. The highest BCUT2D eigenvalue weighted by Crippen LogP contribution is 2.36. The molecule has 1 N–H and O–H groups in total. The highest BCUT2D eigenvalue weighted by atomic mass is 19.1. The monoisotopic (exact) mass is 372 g/mol. The van der Waals surface area contributed by atoms with Gasteiger partial charge in [-0.3, -0.25) is 14.3 Å². The number of carbonyl (C=O) groups excluding carboxylic acids is 2. The van der Waals surface area contributed by atoms with E-state index in [9.17, 15) is 14.0 Å². The summed E-state index contributed by atoms with van der Waals surface area (Å²) in [5, 5.41) is 6.99. The van der Waals surface area contributed by atoms with E-state index < -0.39 is 0 Å². The minimum Gasteiger partial charge on any atom is -0.365 e. The van der Waals surface area contributed by atoms with E-state index in [4.69, 9.17) is 4.74 Å². The van der Waals surface area contributed by atoms with Crippen molar-refractivity contribution in [1.29, 1.82) is 0 Å². The molecule has 2 aliphatic heterocycles. The van der Waals surface area contributed by atoms with Crippen LogP contribution in [-0.4, -0.2) is 58.3 Å². The van der Waals surface area contributed by atoms with Crippen molar-refractivity contribution in [2.75, 3.05) is 19.7 Å². The SMILES string of the molecule is CCn1cc(C(=O)N2C[C@H](c3ccc(F)cc3)[C@H]3OCC(=O)NC[C@H]32)cn1. The van der Waals surface area contributed by atoms with E-state index in [1.54, 1.807) is 34.1 Å². The van der Waals surface area contributed by atoms with Crippen LogP contribution in [0.1, 0.15) is 28.8 Å². The van der Waals surface area contributed by atoms with Crippen molar-refractivity contribution in [3.05, 3.63) is 53.6 Å². The van der Waals surface area contributed by atoms with Gasteiger partial charge in [-0.25, -0.2) is 4.39 Å². The molecule has 27 heavy (non-hydrogen) atoms. The number of likely N-dealkylation sites (tertiary alicyclic amines) is 1. The summed E-state index contributed by atoms with van der Waals surface area (Å²) in [4.78, 5) is 26.6. The number of rotatable bonds is 3. The third kappa shape index (κ3) is 3.32. The summed E-state index contributed by atoms with van der Waals surface area (Å²) >= 11 is 0. The fourth-order valence-electron chi connectivity index (χ4n) is 3.84. The minimum absolute atomic E-state index is 0.0470. The zero-order valence-corrected chi connectivity index (χ0v) is 15.0. The van der Waals surface area contributed by atoms with E-state index in [1.165, 1.54) is 12.1 Å². The fourth-order valence-corrected chi connectivity index (χ4v) is 3.84. The molecule has 0 aliphatic carbocycles. The summed E-state index contributed by atoms with van der Waals surface area (Å²) in [6.45, 7) is 3.35. The number of aryl methyl sites for hydroxylation is 1. The molecule has 7 nitrogen and oxygen atoms in total. The Morgan fingerprint density at radius 3 is 2.85 bits per heavy atom. The molecule has 4 rings (SSSR count). The lowest BCUT2D eigenvalue weighted by Gasteiger charge is -2.25. The third-order valence-electron chi connectivity index (χ3n) is 5.25. The van der Waals surface area contributed by atoms with Gasteiger partial charge in [0.1, 0.15) is 12.4 Å². The summed E-state index contributed by atoms with van der Waals surface area (Å²) in [7, 11) is 0. The first-order chi connectivity index (χ1) is 13.1. The molecule has 0 radical (unpaired) electrons. The number of amides is 2. The first kappa shape index (κ1) is 17.7. The number of ether oxygens (including phenoxy) is 1. The second-order valence-electron chi connectivity index (χ2n) is 6.85. The topological polar surface area (TPSA) is 76.5 Å². The van der Waals surface area contributed by atoms with Gasteiger partial charge in [0.2, 0.25) is 5.91 Å². The molecule has 0 spiro atoms. The Kier molecular flexibility index (Phi) is 4.65. The maximum atomic E-state index is 13.3. The van der Waals surface area contributed by atoms with Crippen molar-refractivity contribution >= 4 is 11.8 Å². The zero-order chi connectivity index (χ0) is 19.0. The number of benzene rings is 1. The molecule has 142 valence electrons. The predicted molar refractivity (Wildman–Crippen MR) is 94.6 cm³/mol. The van der Waals surface area contributed by atoms with Gasteiger partial charge < -0.3 is 15.0 Å². The number of hydrogen-bond donors (Lipinski definition) is 1. The smallest absolute Gasteiger partial charge is 0.257 e. The quantitative estimate of drug-likeness (QED) is 0.877. The first-order valence-electron chi connectivity index (χ1n) is 9.04. The summed E-state index contributed by atoms with van der Waals surface area (Å²) in [5.41, 5.74) is 1.39. The van der Waals surface area contributed by atoms with Gasteiger partial charge in [-0.15, -0.1) is 0 Å². The van der Waals surface area contributed by atoms with Crippen LogP contribution in [0.25, 0.3) is 0 Å². The molecule has 0 saturated carbocycles. The number of halogens is 1. The Morgan fingerprint density at radius 2 is 2.15 bits per heavy atom. The maximum absolute atomic E-state index is 13.3. The van der Waals surface area contributed by atoms with Gasteiger partial charge >= 0.3 is 0 Å². The van der Waals surface area contributed by atoms with E-state index in [-0.39, 0.29) is 42.3 Å². The van der Waals surface area contributed by atoms with Crippen LogP contribution in [0.4, 0.5) is 4.39 Å². The Morgan fingerprint density at radius 1 is 1.37 bits per heavy atom. The van der Waals surface area contributed by atoms with E-state index in [2.05, 4.69) is 10.4 Å². The molecular weight excluding hydrogens is 351 g/mol. The molecule has 8 heteroatoms. The fraction of sp³-hybridized carbons (Fsp3) is 0.421. The Hall–Kier alpha value is -2.74. The van der Waals surface area contributed by atoms with Crippen molar-refractivity contribution in [2.45, 2.75) is 31.5 Å². The van der Waals surface area contributed by atoms with Crippen LogP contribution in [0, 0.1) is 5.82 Å². The number of hydrogen-bond acceptors (Lipinski definition) is 4. The molecule has 0 unspecified atom stereocenters. The molecule has 3 heterocycles. The third-order valence-corrected chi connectivity index (χ3v) is 5.25. The lowest BCUT2D eigenvalue weighted by Crippen LogP contribution is -2.45. The van der Waals surface area contributed by atoms with Crippen LogP contribution in [0.15, 0.2) is 36.7 Å². The normalized spacial score (nSPS) is 25.0. The first-order valence-corrected chi connectivity index (χ1v) is 9.04. The van der Waals surface area contributed by atoms with Crippen molar-refractivity contribution in [1.82, 2.24) is 20.0 Å². The average molecular weight is 372 g/mol. The molecule has 2 fully saturated rings. The van der Waals surface area contributed by atoms with Gasteiger partial charge in [0.15, 0.2) is 0 Å². The molecule has 2 saturated heterocycles. The number of carbonyl (C=O) groups is 2. The molecule has 2 amide bonds. The molecule has 3 atom stereocenters. The molecule has 1 aromatic heterocycles. The molecular formula is C19H21FN4O3. The molecule has 2 aromatic rings. The van der Waals surface area contributed by atoms with Crippen molar-refractivity contribution in [2.24, 2.45) is 0 Å². The van der Waals surface area contributed by atoms with Crippen LogP contribution in [0.3, 0.4) is 0 Å². The second kappa shape index (κ2) is 7.11. The number of nitrogens with one attached hydrogen (secondary N) is 1. The van der Waals surface area contributed by atoms with Crippen LogP contribution in [0.2, 0.25) is 0 Å². The zero-order valence-electron chi connectivity index (χ0n) is 15.0. The van der Waals surface area contributed by atoms with Gasteiger partial charge in [-0.05, 0) is 24.6 Å². The number of nitrogens with zero attached hydrogens (tertiary/aromatic N) is 3. The predicted octanol–water partition coefficient (Wildman–Crippen LogP) is 1.17. The molecule has 1 aromatic carbocycles. The number of aromatic nitrogens is 2. The largest absolute Gasteiger partial charge is 0.365 e. The van der Waals surface area contributed by atoms with E-state index in [0.717, 1.165) is 5.56 Å². The van der Waals surface area contributed by atoms with Crippen molar-refractivity contribution < 1.29 is 18.7 Å². The van der Waals surface area contributed by atoms with Crippen LogP contribution >= 0.6 is 0 Å². The van der Waals surface area contributed by atoms with Crippen LogP contribution < -0.4 is 5.32 Å². The summed E-state index contributed by atoms with van der Waals surface area (Å²) < 4.78 is 20.9. The lowest BCUT2D eigenvalue weighted by atomic mass is 9.93. The maximum Gasteiger partial charge on any atom is 0.257 e.